The van der Waals surface area contributed by atoms with Crippen LogP contribution in [0.3, 0.4) is 0 Å². The first-order valence-corrected chi connectivity index (χ1v) is 6.11. The SMILES string of the molecule is CCN(CCC#N)CC(=O)Nc1ccc(C)cc1. The number of anilines is 1. The smallest absolute Gasteiger partial charge is 0.238 e. The van der Waals surface area contributed by atoms with Crippen molar-refractivity contribution < 1.29 is 4.79 Å². The summed E-state index contributed by atoms with van der Waals surface area (Å²) in [6.07, 6.45) is 0.450. The Morgan fingerprint density at radius 3 is 2.61 bits per heavy atom. The number of aryl methyl sites for hydroxylation is 1. The van der Waals surface area contributed by atoms with E-state index in [1.165, 1.54) is 0 Å². The summed E-state index contributed by atoms with van der Waals surface area (Å²) in [5.74, 6) is -0.0429. The van der Waals surface area contributed by atoms with Crippen molar-refractivity contribution in [2.45, 2.75) is 20.3 Å². The molecule has 0 heterocycles. The Morgan fingerprint density at radius 2 is 2.06 bits per heavy atom. The van der Waals surface area contributed by atoms with Crippen LogP contribution in [0.15, 0.2) is 24.3 Å². The highest BCUT2D eigenvalue weighted by Crippen LogP contribution is 2.08. The molecule has 0 atom stereocenters. The molecule has 0 unspecified atom stereocenters. The lowest BCUT2D eigenvalue weighted by Crippen LogP contribution is -2.33. The molecule has 4 heteroatoms. The quantitative estimate of drug-likeness (QED) is 0.835. The van der Waals surface area contributed by atoms with E-state index in [9.17, 15) is 4.79 Å². The molecule has 1 aromatic carbocycles. The fraction of sp³-hybridized carbons (Fsp3) is 0.429. The van der Waals surface area contributed by atoms with Gasteiger partial charge in [0, 0.05) is 18.7 Å². The highest BCUT2D eigenvalue weighted by atomic mass is 16.2. The van der Waals surface area contributed by atoms with Crippen molar-refractivity contribution in [3.05, 3.63) is 29.8 Å². The van der Waals surface area contributed by atoms with Crippen LogP contribution in [0, 0.1) is 18.3 Å². The zero-order valence-electron chi connectivity index (χ0n) is 10.9. The Morgan fingerprint density at radius 1 is 1.39 bits per heavy atom. The van der Waals surface area contributed by atoms with Crippen molar-refractivity contribution in [3.63, 3.8) is 0 Å². The molecule has 18 heavy (non-hydrogen) atoms. The number of benzene rings is 1. The van der Waals surface area contributed by atoms with Crippen molar-refractivity contribution in [1.29, 1.82) is 5.26 Å². The predicted molar refractivity (Wildman–Crippen MR) is 72.2 cm³/mol. The first-order valence-electron chi connectivity index (χ1n) is 6.11. The molecule has 0 fully saturated rings. The van der Waals surface area contributed by atoms with Gasteiger partial charge in [0.15, 0.2) is 0 Å². The Kier molecular flexibility index (Phi) is 5.89. The van der Waals surface area contributed by atoms with Crippen molar-refractivity contribution >= 4 is 11.6 Å². The van der Waals surface area contributed by atoms with E-state index in [0.29, 0.717) is 19.5 Å². The number of rotatable bonds is 6. The van der Waals surface area contributed by atoms with Gasteiger partial charge in [-0.05, 0) is 25.6 Å². The lowest BCUT2D eigenvalue weighted by molar-refractivity contribution is -0.117. The molecule has 0 bridgehead atoms. The van der Waals surface area contributed by atoms with Crippen molar-refractivity contribution in [2.75, 3.05) is 25.0 Å². The average Bonchev–Trinajstić information content (AvgIpc) is 2.37. The highest BCUT2D eigenvalue weighted by Gasteiger charge is 2.08. The zero-order chi connectivity index (χ0) is 13.4. The molecule has 1 aromatic rings. The molecular weight excluding hydrogens is 226 g/mol. The molecule has 0 saturated carbocycles. The Labute approximate surface area is 108 Å². The van der Waals surface area contributed by atoms with Crippen LogP contribution in [0.2, 0.25) is 0 Å². The number of carbonyl (C=O) groups is 1. The van der Waals surface area contributed by atoms with Gasteiger partial charge in [0.05, 0.1) is 12.6 Å². The second-order valence-corrected chi connectivity index (χ2v) is 4.19. The van der Waals surface area contributed by atoms with Crippen LogP contribution < -0.4 is 5.32 Å². The number of nitriles is 1. The minimum absolute atomic E-state index is 0.0429. The van der Waals surface area contributed by atoms with Gasteiger partial charge in [-0.1, -0.05) is 24.6 Å². The number of likely N-dealkylation sites (N-methyl/N-ethyl adjacent to an activating group) is 1. The Hall–Kier alpha value is -1.86. The van der Waals surface area contributed by atoms with Gasteiger partial charge in [-0.25, -0.2) is 0 Å². The second kappa shape index (κ2) is 7.46. The van der Waals surface area contributed by atoms with Crippen LogP contribution in [0.1, 0.15) is 18.9 Å². The average molecular weight is 245 g/mol. The topological polar surface area (TPSA) is 56.1 Å². The Bertz CT molecular complexity index is 420. The van der Waals surface area contributed by atoms with E-state index in [4.69, 9.17) is 5.26 Å². The summed E-state index contributed by atoms with van der Waals surface area (Å²) in [4.78, 5) is 13.7. The van der Waals surface area contributed by atoms with Crippen LogP contribution in [0.25, 0.3) is 0 Å². The van der Waals surface area contributed by atoms with E-state index < -0.39 is 0 Å². The summed E-state index contributed by atoms with van der Waals surface area (Å²) in [6.45, 7) is 5.71. The molecule has 1 rings (SSSR count). The molecule has 0 spiro atoms. The largest absolute Gasteiger partial charge is 0.325 e. The van der Waals surface area contributed by atoms with Crippen molar-refractivity contribution in [1.82, 2.24) is 4.90 Å². The summed E-state index contributed by atoms with van der Waals surface area (Å²) in [5.41, 5.74) is 1.97. The molecule has 0 saturated heterocycles. The standard InChI is InChI=1S/C14H19N3O/c1-3-17(10-4-9-15)11-14(18)16-13-7-5-12(2)6-8-13/h5-8H,3-4,10-11H2,1-2H3,(H,16,18). The molecule has 96 valence electrons. The number of amides is 1. The molecule has 0 radical (unpaired) electrons. The minimum atomic E-state index is -0.0429. The van der Waals surface area contributed by atoms with E-state index in [1.807, 2.05) is 43.0 Å². The van der Waals surface area contributed by atoms with Crippen LogP contribution in [-0.4, -0.2) is 30.4 Å². The van der Waals surface area contributed by atoms with Gasteiger partial charge in [-0.15, -0.1) is 0 Å². The second-order valence-electron chi connectivity index (χ2n) is 4.19. The molecule has 1 amide bonds. The number of carbonyl (C=O) groups excluding carboxylic acids is 1. The summed E-state index contributed by atoms with van der Waals surface area (Å²) in [6, 6.07) is 9.79. The summed E-state index contributed by atoms with van der Waals surface area (Å²) in [5, 5.41) is 11.4. The predicted octanol–water partition coefficient (Wildman–Crippen LogP) is 2.17. The highest BCUT2D eigenvalue weighted by molar-refractivity contribution is 5.92. The maximum Gasteiger partial charge on any atom is 0.238 e. The molecule has 4 nitrogen and oxygen atoms in total. The number of nitrogens with one attached hydrogen (secondary N) is 1. The first-order chi connectivity index (χ1) is 8.65. The van der Waals surface area contributed by atoms with E-state index >= 15 is 0 Å². The first kappa shape index (κ1) is 14.2. The molecule has 0 aromatic heterocycles. The number of hydrogen-bond acceptors (Lipinski definition) is 3. The minimum Gasteiger partial charge on any atom is -0.325 e. The lowest BCUT2D eigenvalue weighted by atomic mass is 10.2. The van der Waals surface area contributed by atoms with Gasteiger partial charge in [0.2, 0.25) is 5.91 Å². The van der Waals surface area contributed by atoms with Crippen LogP contribution in [-0.2, 0) is 4.79 Å². The van der Waals surface area contributed by atoms with E-state index in [-0.39, 0.29) is 5.91 Å². The van der Waals surface area contributed by atoms with Crippen LogP contribution >= 0.6 is 0 Å². The third kappa shape index (κ3) is 4.98. The third-order valence-corrected chi connectivity index (χ3v) is 2.69. The fourth-order valence-electron chi connectivity index (χ4n) is 1.60. The van der Waals surface area contributed by atoms with Crippen molar-refractivity contribution in [2.24, 2.45) is 0 Å². The zero-order valence-corrected chi connectivity index (χ0v) is 10.9. The van der Waals surface area contributed by atoms with Crippen molar-refractivity contribution in [3.8, 4) is 6.07 Å². The number of nitrogens with zero attached hydrogens (tertiary/aromatic N) is 2. The molecule has 0 aliphatic heterocycles. The molecule has 0 aliphatic rings. The summed E-state index contributed by atoms with van der Waals surface area (Å²) >= 11 is 0. The van der Waals surface area contributed by atoms with E-state index in [1.54, 1.807) is 0 Å². The third-order valence-electron chi connectivity index (χ3n) is 2.69. The van der Waals surface area contributed by atoms with Crippen LogP contribution in [0.5, 0.6) is 0 Å². The van der Waals surface area contributed by atoms with Gasteiger partial charge in [-0.2, -0.15) is 5.26 Å². The maximum atomic E-state index is 11.8. The molecular formula is C14H19N3O. The Balaban J connectivity index is 2.45. The van der Waals surface area contributed by atoms with Gasteiger partial charge in [0.1, 0.15) is 0 Å². The van der Waals surface area contributed by atoms with Gasteiger partial charge in [-0.3, -0.25) is 9.69 Å². The molecule has 0 aliphatic carbocycles. The lowest BCUT2D eigenvalue weighted by Gasteiger charge is -2.18. The summed E-state index contributed by atoms with van der Waals surface area (Å²) in [7, 11) is 0. The number of hydrogen-bond donors (Lipinski definition) is 1. The maximum absolute atomic E-state index is 11.8. The van der Waals surface area contributed by atoms with Crippen LogP contribution in [0.4, 0.5) is 5.69 Å². The normalized spacial score (nSPS) is 10.1. The fourth-order valence-corrected chi connectivity index (χ4v) is 1.60. The van der Waals surface area contributed by atoms with Gasteiger partial charge < -0.3 is 5.32 Å². The monoisotopic (exact) mass is 245 g/mol. The van der Waals surface area contributed by atoms with Gasteiger partial charge in [0.25, 0.3) is 0 Å². The van der Waals surface area contributed by atoms with E-state index in [0.717, 1.165) is 17.8 Å². The summed E-state index contributed by atoms with van der Waals surface area (Å²) < 4.78 is 0. The van der Waals surface area contributed by atoms with E-state index in [2.05, 4.69) is 11.4 Å². The molecule has 1 N–H and O–H groups in total. The van der Waals surface area contributed by atoms with Gasteiger partial charge >= 0.3 is 0 Å².